The van der Waals surface area contributed by atoms with Crippen molar-refractivity contribution < 1.29 is 5.11 Å². The normalized spacial score (nSPS) is 57.4. The molecule has 3 rings (SSSR count). The van der Waals surface area contributed by atoms with Crippen molar-refractivity contribution in [2.75, 3.05) is 0 Å². The van der Waals surface area contributed by atoms with E-state index in [1.165, 1.54) is 6.42 Å². The van der Waals surface area contributed by atoms with Crippen molar-refractivity contribution in [2.24, 2.45) is 23.7 Å². The predicted molar refractivity (Wildman–Crippen MR) is 42.9 cm³/mol. The average molecular weight is 148 g/mol. The third kappa shape index (κ3) is 0.603. The summed E-state index contributed by atoms with van der Waals surface area (Å²) in [5.74, 6) is 2.62. The minimum Gasteiger partial charge on any atom is -0.389 e. The molecule has 1 nitrogen and oxygen atoms in total. The first kappa shape index (κ1) is 6.01. The molecule has 0 radical (unpaired) electrons. The Kier molecular flexibility index (Phi) is 0.972. The topological polar surface area (TPSA) is 20.2 Å². The number of fused-ring (bicyclic) bond motifs is 5. The van der Waals surface area contributed by atoms with Crippen LogP contribution in [0.2, 0.25) is 0 Å². The number of aliphatic hydroxyl groups is 1. The van der Waals surface area contributed by atoms with Gasteiger partial charge in [0, 0.05) is 5.92 Å². The Bertz CT molecular complexity index is 241. The summed E-state index contributed by atoms with van der Waals surface area (Å²) in [7, 11) is 0. The number of rotatable bonds is 0. The third-order valence-electron chi connectivity index (χ3n) is 3.51. The fraction of sp³-hybridized carbons (Fsp3) is 0.600. The highest BCUT2D eigenvalue weighted by molar-refractivity contribution is 5.24. The van der Waals surface area contributed by atoms with E-state index < -0.39 is 0 Å². The Morgan fingerprint density at radius 1 is 1.00 bits per heavy atom. The van der Waals surface area contributed by atoms with Gasteiger partial charge in [-0.25, -0.2) is 0 Å². The van der Waals surface area contributed by atoms with Crippen molar-refractivity contribution in [1.29, 1.82) is 0 Å². The van der Waals surface area contributed by atoms with Crippen LogP contribution in [0.4, 0.5) is 0 Å². The minimum atomic E-state index is -0.153. The van der Waals surface area contributed by atoms with Gasteiger partial charge in [-0.1, -0.05) is 24.3 Å². The first-order valence-corrected chi connectivity index (χ1v) is 4.41. The summed E-state index contributed by atoms with van der Waals surface area (Å²) in [6.45, 7) is 0. The Morgan fingerprint density at radius 2 is 1.82 bits per heavy atom. The molecular formula is C10H12O. The van der Waals surface area contributed by atoms with Gasteiger partial charge in [0.05, 0.1) is 6.10 Å². The highest BCUT2D eigenvalue weighted by atomic mass is 16.3. The van der Waals surface area contributed by atoms with Crippen LogP contribution in [0.3, 0.4) is 0 Å². The van der Waals surface area contributed by atoms with Crippen molar-refractivity contribution in [3.63, 3.8) is 0 Å². The smallest absolute Gasteiger partial charge is 0.0760 e. The lowest BCUT2D eigenvalue weighted by molar-refractivity contribution is 0.132. The SMILES string of the molecule is O[C@H]1C=C[C@H]2[C@H]1[C@@H]1C=C[C@@H]2C1. The minimum absolute atomic E-state index is 0.153. The zero-order valence-corrected chi connectivity index (χ0v) is 6.35. The van der Waals surface area contributed by atoms with E-state index in [-0.39, 0.29) is 6.10 Å². The first-order valence-electron chi connectivity index (χ1n) is 4.41. The molecule has 1 saturated carbocycles. The second-order valence-corrected chi connectivity index (χ2v) is 3.98. The lowest BCUT2D eigenvalue weighted by Gasteiger charge is -2.22. The molecule has 1 N–H and O–H groups in total. The predicted octanol–water partition coefficient (Wildman–Crippen LogP) is 1.36. The molecule has 0 unspecified atom stereocenters. The molecule has 3 aliphatic rings. The molecule has 1 fully saturated rings. The maximum absolute atomic E-state index is 9.60. The second kappa shape index (κ2) is 1.78. The number of hydrogen-bond acceptors (Lipinski definition) is 1. The lowest BCUT2D eigenvalue weighted by Crippen LogP contribution is -2.23. The van der Waals surface area contributed by atoms with Gasteiger partial charge >= 0.3 is 0 Å². The monoisotopic (exact) mass is 148 g/mol. The summed E-state index contributed by atoms with van der Waals surface area (Å²) in [5, 5.41) is 9.60. The molecule has 11 heavy (non-hydrogen) atoms. The van der Waals surface area contributed by atoms with Crippen LogP contribution >= 0.6 is 0 Å². The van der Waals surface area contributed by atoms with Gasteiger partial charge in [-0.3, -0.25) is 0 Å². The quantitative estimate of drug-likeness (QED) is 0.514. The Labute approximate surface area is 66.4 Å². The number of hydrogen-bond donors (Lipinski definition) is 1. The first-order chi connectivity index (χ1) is 5.36. The third-order valence-corrected chi connectivity index (χ3v) is 3.51. The molecule has 3 aliphatic carbocycles. The van der Waals surface area contributed by atoms with Crippen LogP contribution < -0.4 is 0 Å². The van der Waals surface area contributed by atoms with E-state index in [0.717, 1.165) is 5.92 Å². The van der Waals surface area contributed by atoms with Gasteiger partial charge in [0.1, 0.15) is 0 Å². The van der Waals surface area contributed by atoms with Gasteiger partial charge in [-0.15, -0.1) is 0 Å². The molecule has 2 bridgehead atoms. The van der Waals surface area contributed by atoms with Gasteiger partial charge in [0.25, 0.3) is 0 Å². The summed E-state index contributed by atoms with van der Waals surface area (Å²) in [6, 6.07) is 0. The van der Waals surface area contributed by atoms with Crippen molar-refractivity contribution in [3.05, 3.63) is 24.3 Å². The molecule has 0 aromatic rings. The number of allylic oxidation sites excluding steroid dienone is 3. The summed E-state index contributed by atoms with van der Waals surface area (Å²) in [4.78, 5) is 0. The Morgan fingerprint density at radius 3 is 2.64 bits per heavy atom. The summed E-state index contributed by atoms with van der Waals surface area (Å²) in [5.41, 5.74) is 0. The number of aliphatic hydroxyl groups excluding tert-OH is 1. The van der Waals surface area contributed by atoms with Crippen LogP contribution in [0.15, 0.2) is 24.3 Å². The van der Waals surface area contributed by atoms with E-state index in [4.69, 9.17) is 0 Å². The van der Waals surface area contributed by atoms with Crippen LogP contribution in [0, 0.1) is 23.7 Å². The van der Waals surface area contributed by atoms with E-state index in [9.17, 15) is 5.11 Å². The molecule has 0 heterocycles. The van der Waals surface area contributed by atoms with E-state index in [1.807, 2.05) is 6.08 Å². The molecule has 58 valence electrons. The molecule has 0 spiro atoms. The van der Waals surface area contributed by atoms with Crippen molar-refractivity contribution in [2.45, 2.75) is 12.5 Å². The molecule has 1 heteroatoms. The average Bonchev–Trinajstić information content (AvgIpc) is 2.60. The fourth-order valence-corrected chi connectivity index (χ4v) is 3.02. The van der Waals surface area contributed by atoms with Crippen molar-refractivity contribution >= 4 is 0 Å². The van der Waals surface area contributed by atoms with Crippen molar-refractivity contribution in [3.8, 4) is 0 Å². The van der Waals surface area contributed by atoms with Crippen molar-refractivity contribution in [1.82, 2.24) is 0 Å². The maximum Gasteiger partial charge on any atom is 0.0760 e. The highest BCUT2D eigenvalue weighted by Crippen LogP contribution is 2.52. The standard InChI is InChI=1S/C10H12O/c11-9-4-3-8-6-1-2-7(5-6)10(8)9/h1-4,6-11H,5H2/t6-,7-,8-,9+,10-/m1/s1. The Hall–Kier alpha value is -0.560. The van der Waals surface area contributed by atoms with Crippen LogP contribution in [0.25, 0.3) is 0 Å². The van der Waals surface area contributed by atoms with Crippen LogP contribution in [0.5, 0.6) is 0 Å². The van der Waals surface area contributed by atoms with Gasteiger partial charge < -0.3 is 5.11 Å². The van der Waals surface area contributed by atoms with E-state index in [1.54, 1.807) is 0 Å². The molecule has 0 aromatic heterocycles. The molecule has 0 aliphatic heterocycles. The van der Waals surface area contributed by atoms with Gasteiger partial charge in [-0.05, 0) is 24.2 Å². The Balaban J connectivity index is 2.02. The van der Waals surface area contributed by atoms with Gasteiger partial charge in [-0.2, -0.15) is 0 Å². The second-order valence-electron chi connectivity index (χ2n) is 3.98. The van der Waals surface area contributed by atoms with Crippen LogP contribution in [-0.4, -0.2) is 11.2 Å². The molecule has 0 amide bonds. The maximum atomic E-state index is 9.60. The summed E-state index contributed by atoms with van der Waals surface area (Å²) in [6.07, 6.45) is 9.94. The largest absolute Gasteiger partial charge is 0.389 e. The molecule has 0 aromatic carbocycles. The van der Waals surface area contributed by atoms with Crippen LogP contribution in [0.1, 0.15) is 6.42 Å². The summed E-state index contributed by atoms with van der Waals surface area (Å²) < 4.78 is 0. The van der Waals surface area contributed by atoms with Crippen LogP contribution in [-0.2, 0) is 0 Å². The lowest BCUT2D eigenvalue weighted by atomic mass is 9.84. The van der Waals surface area contributed by atoms with Gasteiger partial charge in [0.15, 0.2) is 0 Å². The molecule has 5 atom stereocenters. The zero-order valence-electron chi connectivity index (χ0n) is 6.35. The molecule has 0 saturated heterocycles. The summed E-state index contributed by atoms with van der Waals surface area (Å²) >= 11 is 0. The highest BCUT2D eigenvalue weighted by Gasteiger charge is 2.48. The fourth-order valence-electron chi connectivity index (χ4n) is 3.02. The zero-order chi connectivity index (χ0) is 7.42. The van der Waals surface area contributed by atoms with E-state index in [2.05, 4.69) is 18.2 Å². The molecular weight excluding hydrogens is 136 g/mol. The van der Waals surface area contributed by atoms with Gasteiger partial charge in [0.2, 0.25) is 0 Å². The van der Waals surface area contributed by atoms with E-state index >= 15 is 0 Å². The van der Waals surface area contributed by atoms with E-state index in [0.29, 0.717) is 17.8 Å².